The number of hydrogen-bond donors (Lipinski definition) is 2. The summed E-state index contributed by atoms with van der Waals surface area (Å²) >= 11 is 3.55. The normalized spacial score (nSPS) is 17.9. The number of nitrogens with one attached hydrogen (secondary N) is 2. The lowest BCUT2D eigenvalue weighted by atomic mass is 9.79. The number of nitrogens with zero attached hydrogens (tertiary/aromatic N) is 4. The minimum Gasteiger partial charge on any atom is -0.356 e. The van der Waals surface area contributed by atoms with Crippen molar-refractivity contribution in [2.75, 3.05) is 13.6 Å². The van der Waals surface area contributed by atoms with Crippen LogP contribution in [0.25, 0.3) is 0 Å². The van der Waals surface area contributed by atoms with Gasteiger partial charge < -0.3 is 15.2 Å². The van der Waals surface area contributed by atoms with Gasteiger partial charge in [0.25, 0.3) is 0 Å². The van der Waals surface area contributed by atoms with Crippen molar-refractivity contribution in [3.05, 3.63) is 46.0 Å². The SMILES string of the molecule is CN=C(NCc1nnc2n1CCC2)NCC1(c2ccc(Br)cc2)CCCC1.I. The Bertz CT molecular complexity index is 811. The van der Waals surface area contributed by atoms with Gasteiger partial charge >= 0.3 is 0 Å². The van der Waals surface area contributed by atoms with Gasteiger partial charge in [0.1, 0.15) is 5.82 Å². The highest BCUT2D eigenvalue weighted by Crippen LogP contribution is 2.40. The van der Waals surface area contributed by atoms with Crippen LogP contribution in [0.5, 0.6) is 0 Å². The van der Waals surface area contributed by atoms with Gasteiger partial charge in [0.2, 0.25) is 0 Å². The van der Waals surface area contributed by atoms with E-state index >= 15 is 0 Å². The van der Waals surface area contributed by atoms with Gasteiger partial charge in [-0.15, -0.1) is 34.2 Å². The van der Waals surface area contributed by atoms with Crippen molar-refractivity contribution in [3.8, 4) is 0 Å². The van der Waals surface area contributed by atoms with Gasteiger partial charge in [-0.1, -0.05) is 40.9 Å². The molecule has 0 atom stereocenters. The van der Waals surface area contributed by atoms with E-state index in [2.05, 4.69) is 70.6 Å². The van der Waals surface area contributed by atoms with Gasteiger partial charge in [0, 0.05) is 36.4 Å². The zero-order chi connectivity index (χ0) is 18.7. The number of hydrogen-bond acceptors (Lipinski definition) is 3. The maximum absolute atomic E-state index is 4.41. The molecule has 2 aromatic rings. The number of aryl methyl sites for hydroxylation is 1. The van der Waals surface area contributed by atoms with Crippen LogP contribution in [0.1, 0.15) is 49.3 Å². The molecule has 0 amide bonds. The molecule has 2 aliphatic rings. The summed E-state index contributed by atoms with van der Waals surface area (Å²) in [7, 11) is 1.82. The second-order valence-corrected chi connectivity index (χ2v) is 8.48. The summed E-state index contributed by atoms with van der Waals surface area (Å²) in [6, 6.07) is 8.81. The molecule has 1 aliphatic carbocycles. The van der Waals surface area contributed by atoms with Gasteiger partial charge in [-0.25, -0.2) is 0 Å². The molecule has 1 aliphatic heterocycles. The zero-order valence-corrected chi connectivity index (χ0v) is 20.2. The van der Waals surface area contributed by atoms with Crippen molar-refractivity contribution in [2.24, 2.45) is 4.99 Å². The quantitative estimate of drug-likeness (QED) is 0.333. The third-order valence-electron chi connectivity index (χ3n) is 5.94. The first-order valence-electron chi connectivity index (χ1n) is 9.82. The van der Waals surface area contributed by atoms with Crippen LogP contribution in [0.15, 0.2) is 33.7 Å². The van der Waals surface area contributed by atoms with E-state index in [1.807, 2.05) is 7.05 Å². The zero-order valence-electron chi connectivity index (χ0n) is 16.2. The van der Waals surface area contributed by atoms with Crippen LogP contribution in [0.3, 0.4) is 0 Å². The highest BCUT2D eigenvalue weighted by molar-refractivity contribution is 14.0. The molecule has 0 radical (unpaired) electrons. The van der Waals surface area contributed by atoms with E-state index in [9.17, 15) is 0 Å². The maximum Gasteiger partial charge on any atom is 0.191 e. The third kappa shape index (κ3) is 4.53. The Labute approximate surface area is 192 Å². The number of rotatable bonds is 5. The Morgan fingerprint density at radius 1 is 1.14 bits per heavy atom. The molecule has 0 unspecified atom stereocenters. The molecule has 1 fully saturated rings. The molecule has 0 bridgehead atoms. The number of aliphatic imine (C=N–C) groups is 1. The van der Waals surface area contributed by atoms with Crippen molar-refractivity contribution in [1.29, 1.82) is 0 Å². The molecule has 8 heteroatoms. The Morgan fingerprint density at radius 2 is 1.89 bits per heavy atom. The van der Waals surface area contributed by atoms with Crippen molar-refractivity contribution < 1.29 is 0 Å². The van der Waals surface area contributed by atoms with Crippen LogP contribution in [-0.2, 0) is 24.9 Å². The predicted molar refractivity (Wildman–Crippen MR) is 126 cm³/mol. The largest absolute Gasteiger partial charge is 0.356 e. The second-order valence-electron chi connectivity index (χ2n) is 7.56. The fraction of sp³-hybridized carbons (Fsp3) is 0.550. The van der Waals surface area contributed by atoms with Crippen molar-refractivity contribution >= 4 is 45.9 Å². The minimum atomic E-state index is 0. The molecule has 0 saturated heterocycles. The number of halogens is 2. The molecule has 1 aromatic carbocycles. The van der Waals surface area contributed by atoms with E-state index in [1.54, 1.807) is 0 Å². The van der Waals surface area contributed by atoms with E-state index in [0.717, 1.165) is 41.6 Å². The summed E-state index contributed by atoms with van der Waals surface area (Å²) in [6.45, 7) is 2.57. The topological polar surface area (TPSA) is 67.1 Å². The van der Waals surface area contributed by atoms with E-state index in [4.69, 9.17) is 0 Å². The first-order valence-corrected chi connectivity index (χ1v) is 10.6. The molecule has 2 heterocycles. The lowest BCUT2D eigenvalue weighted by Crippen LogP contribution is -2.44. The smallest absolute Gasteiger partial charge is 0.191 e. The molecule has 1 aromatic heterocycles. The second kappa shape index (κ2) is 9.56. The lowest BCUT2D eigenvalue weighted by Gasteiger charge is -2.31. The van der Waals surface area contributed by atoms with Crippen LogP contribution in [-0.4, -0.2) is 34.3 Å². The predicted octanol–water partition coefficient (Wildman–Crippen LogP) is 3.78. The molecular formula is C20H28BrIN6. The van der Waals surface area contributed by atoms with Crippen molar-refractivity contribution in [3.63, 3.8) is 0 Å². The summed E-state index contributed by atoms with van der Waals surface area (Å²) < 4.78 is 3.35. The van der Waals surface area contributed by atoms with Crippen LogP contribution in [0.4, 0.5) is 0 Å². The summed E-state index contributed by atoms with van der Waals surface area (Å²) in [5.41, 5.74) is 1.61. The van der Waals surface area contributed by atoms with Gasteiger partial charge in [-0.2, -0.15) is 0 Å². The van der Waals surface area contributed by atoms with Crippen LogP contribution < -0.4 is 10.6 Å². The summed E-state index contributed by atoms with van der Waals surface area (Å²) in [4.78, 5) is 4.41. The first kappa shape index (κ1) is 21.5. The Morgan fingerprint density at radius 3 is 2.61 bits per heavy atom. The van der Waals surface area contributed by atoms with Crippen molar-refractivity contribution in [1.82, 2.24) is 25.4 Å². The molecule has 0 spiro atoms. The molecular weight excluding hydrogens is 531 g/mol. The van der Waals surface area contributed by atoms with Crippen LogP contribution >= 0.6 is 39.9 Å². The number of fused-ring (bicyclic) bond motifs is 1. The molecule has 152 valence electrons. The minimum absolute atomic E-state index is 0. The van der Waals surface area contributed by atoms with E-state index in [-0.39, 0.29) is 29.4 Å². The fourth-order valence-electron chi connectivity index (χ4n) is 4.40. The van der Waals surface area contributed by atoms with Gasteiger partial charge in [-0.3, -0.25) is 4.99 Å². The Kier molecular flexibility index (Phi) is 7.36. The molecule has 2 N–H and O–H groups in total. The molecule has 6 nitrogen and oxygen atoms in total. The number of guanidine groups is 1. The van der Waals surface area contributed by atoms with Crippen molar-refractivity contribution in [2.45, 2.75) is 57.0 Å². The first-order chi connectivity index (χ1) is 13.2. The standard InChI is InChI=1S/C20H27BrN6.HI/c1-22-19(23-13-18-26-25-17-5-4-12-27(17)18)24-14-20(10-2-3-11-20)15-6-8-16(21)9-7-15;/h6-9H,2-5,10-14H2,1H3,(H2,22,23,24);1H. The molecule has 4 rings (SSSR count). The molecule has 28 heavy (non-hydrogen) atoms. The van der Waals surface area contributed by atoms with Crippen LogP contribution in [0, 0.1) is 0 Å². The monoisotopic (exact) mass is 558 g/mol. The van der Waals surface area contributed by atoms with Crippen LogP contribution in [0.2, 0.25) is 0 Å². The summed E-state index contributed by atoms with van der Waals surface area (Å²) in [6.07, 6.45) is 7.22. The maximum atomic E-state index is 4.41. The van der Waals surface area contributed by atoms with Gasteiger partial charge in [0.15, 0.2) is 11.8 Å². The summed E-state index contributed by atoms with van der Waals surface area (Å²) in [5.74, 6) is 2.93. The average molecular weight is 559 g/mol. The highest BCUT2D eigenvalue weighted by Gasteiger charge is 2.35. The summed E-state index contributed by atoms with van der Waals surface area (Å²) in [5, 5.41) is 15.6. The number of aromatic nitrogens is 3. The Balaban J connectivity index is 0.00000225. The van der Waals surface area contributed by atoms with E-state index in [1.165, 1.54) is 37.7 Å². The Hall–Kier alpha value is -1.16. The van der Waals surface area contributed by atoms with Gasteiger partial charge in [0.05, 0.1) is 6.54 Å². The average Bonchev–Trinajstić information content (AvgIpc) is 3.41. The van der Waals surface area contributed by atoms with Gasteiger partial charge in [-0.05, 0) is 37.0 Å². The van der Waals surface area contributed by atoms with E-state index in [0.29, 0.717) is 6.54 Å². The third-order valence-corrected chi connectivity index (χ3v) is 6.46. The molecule has 1 saturated carbocycles. The number of benzene rings is 1. The fourth-order valence-corrected chi connectivity index (χ4v) is 4.66. The van der Waals surface area contributed by atoms with E-state index < -0.39 is 0 Å². The highest BCUT2D eigenvalue weighted by atomic mass is 127. The lowest BCUT2D eigenvalue weighted by molar-refractivity contribution is 0.431.